The summed E-state index contributed by atoms with van der Waals surface area (Å²) in [5.74, 6) is -0.299. The standard InChI is InChI=1S/C15H24O3Si/c1-5-19(6-2,7-3)18-12-13-9-8-10-14(11-13)15(16)17-4/h8-11H,5-7,12H2,1-4H3. The molecule has 0 saturated carbocycles. The molecule has 3 nitrogen and oxygen atoms in total. The molecule has 0 aromatic heterocycles. The summed E-state index contributed by atoms with van der Waals surface area (Å²) in [6.07, 6.45) is 0. The molecule has 0 aliphatic carbocycles. The molecule has 1 aromatic rings. The molecule has 0 atom stereocenters. The van der Waals surface area contributed by atoms with Crippen molar-refractivity contribution in [1.82, 2.24) is 0 Å². The van der Waals surface area contributed by atoms with Crippen molar-refractivity contribution in [1.29, 1.82) is 0 Å². The van der Waals surface area contributed by atoms with Crippen molar-refractivity contribution < 1.29 is 14.0 Å². The van der Waals surface area contributed by atoms with Crippen LogP contribution in [0.3, 0.4) is 0 Å². The van der Waals surface area contributed by atoms with Gasteiger partial charge in [-0.3, -0.25) is 0 Å². The average Bonchev–Trinajstić information content (AvgIpc) is 2.48. The second kappa shape index (κ2) is 7.45. The maximum absolute atomic E-state index is 11.5. The molecule has 19 heavy (non-hydrogen) atoms. The summed E-state index contributed by atoms with van der Waals surface area (Å²) in [5.41, 5.74) is 1.62. The molecule has 0 aliphatic rings. The molecule has 106 valence electrons. The molecule has 0 spiro atoms. The molecule has 0 aliphatic heterocycles. The predicted molar refractivity (Wildman–Crippen MR) is 79.8 cm³/mol. The van der Waals surface area contributed by atoms with Crippen molar-refractivity contribution in [3.8, 4) is 0 Å². The SMILES string of the molecule is CC[Si](CC)(CC)OCc1cccc(C(=O)OC)c1. The summed E-state index contributed by atoms with van der Waals surface area (Å²) in [4.78, 5) is 11.5. The van der Waals surface area contributed by atoms with E-state index in [-0.39, 0.29) is 5.97 Å². The van der Waals surface area contributed by atoms with Gasteiger partial charge in [-0.15, -0.1) is 0 Å². The highest BCUT2D eigenvalue weighted by molar-refractivity contribution is 6.73. The van der Waals surface area contributed by atoms with Crippen LogP contribution in [0.5, 0.6) is 0 Å². The fourth-order valence-corrected chi connectivity index (χ4v) is 4.78. The minimum absolute atomic E-state index is 0.299. The molecule has 1 rings (SSSR count). The highest BCUT2D eigenvalue weighted by atomic mass is 28.4. The number of hydrogen-bond donors (Lipinski definition) is 0. The van der Waals surface area contributed by atoms with Gasteiger partial charge in [0.1, 0.15) is 0 Å². The monoisotopic (exact) mass is 280 g/mol. The molecule has 0 heterocycles. The minimum atomic E-state index is -1.57. The van der Waals surface area contributed by atoms with Crippen molar-refractivity contribution >= 4 is 14.3 Å². The highest BCUT2D eigenvalue weighted by Crippen LogP contribution is 2.23. The van der Waals surface area contributed by atoms with Crippen LogP contribution in [0.4, 0.5) is 0 Å². The Morgan fingerprint density at radius 2 is 1.79 bits per heavy atom. The Morgan fingerprint density at radius 1 is 1.16 bits per heavy atom. The fourth-order valence-electron chi connectivity index (χ4n) is 2.20. The number of carbonyl (C=O) groups is 1. The summed E-state index contributed by atoms with van der Waals surface area (Å²) >= 11 is 0. The lowest BCUT2D eigenvalue weighted by molar-refractivity contribution is 0.0600. The molecule has 4 heteroatoms. The fraction of sp³-hybridized carbons (Fsp3) is 0.533. The van der Waals surface area contributed by atoms with Crippen LogP contribution in [0.2, 0.25) is 18.1 Å². The van der Waals surface area contributed by atoms with Crippen LogP contribution in [0.1, 0.15) is 36.7 Å². The van der Waals surface area contributed by atoms with Gasteiger partial charge in [0.25, 0.3) is 0 Å². The lowest BCUT2D eigenvalue weighted by Crippen LogP contribution is -2.35. The average molecular weight is 280 g/mol. The van der Waals surface area contributed by atoms with Gasteiger partial charge in [-0.25, -0.2) is 4.79 Å². The van der Waals surface area contributed by atoms with Gasteiger partial charge in [-0.1, -0.05) is 32.9 Å². The summed E-state index contributed by atoms with van der Waals surface area (Å²) in [5, 5.41) is 0. The first-order chi connectivity index (χ1) is 9.10. The van der Waals surface area contributed by atoms with Crippen LogP contribution in [0.15, 0.2) is 24.3 Å². The van der Waals surface area contributed by atoms with Gasteiger partial charge >= 0.3 is 5.97 Å². The Hall–Kier alpha value is -1.13. The topological polar surface area (TPSA) is 35.5 Å². The van der Waals surface area contributed by atoms with Crippen molar-refractivity contribution in [2.24, 2.45) is 0 Å². The summed E-state index contributed by atoms with van der Waals surface area (Å²) in [6.45, 7) is 7.23. The maximum Gasteiger partial charge on any atom is 0.337 e. The second-order valence-corrected chi connectivity index (χ2v) is 9.50. The summed E-state index contributed by atoms with van der Waals surface area (Å²) in [7, 11) is -0.172. The van der Waals surface area contributed by atoms with E-state index in [1.54, 1.807) is 6.07 Å². The minimum Gasteiger partial charge on any atom is -0.465 e. The van der Waals surface area contributed by atoms with Crippen LogP contribution in [-0.2, 0) is 15.8 Å². The van der Waals surface area contributed by atoms with Gasteiger partial charge < -0.3 is 9.16 Å². The van der Waals surface area contributed by atoms with E-state index in [0.717, 1.165) is 23.7 Å². The van der Waals surface area contributed by atoms with Gasteiger partial charge in [-0.05, 0) is 35.8 Å². The Morgan fingerprint density at radius 3 is 2.32 bits per heavy atom. The molecule has 0 fully saturated rings. The number of ether oxygens (including phenoxy) is 1. The molecule has 0 bridgehead atoms. The smallest absolute Gasteiger partial charge is 0.337 e. The van der Waals surface area contributed by atoms with Crippen molar-refractivity contribution in [2.45, 2.75) is 45.5 Å². The zero-order valence-corrected chi connectivity index (χ0v) is 13.4. The quantitative estimate of drug-likeness (QED) is 0.559. The first-order valence-electron chi connectivity index (χ1n) is 6.92. The Kier molecular flexibility index (Phi) is 6.25. The lowest BCUT2D eigenvalue weighted by atomic mass is 10.1. The van der Waals surface area contributed by atoms with E-state index in [1.807, 2.05) is 18.2 Å². The van der Waals surface area contributed by atoms with Gasteiger partial charge in [0.05, 0.1) is 19.3 Å². The van der Waals surface area contributed by atoms with E-state index in [1.165, 1.54) is 7.11 Å². The molecule has 1 aromatic carbocycles. The number of methoxy groups -OCH3 is 1. The number of hydrogen-bond acceptors (Lipinski definition) is 3. The van der Waals surface area contributed by atoms with Gasteiger partial charge in [-0.2, -0.15) is 0 Å². The Balaban J connectivity index is 2.75. The van der Waals surface area contributed by atoms with Crippen LogP contribution in [-0.4, -0.2) is 21.4 Å². The Bertz CT molecular complexity index is 405. The molecular formula is C15H24O3Si. The summed E-state index contributed by atoms with van der Waals surface area (Å²) < 4.78 is 10.9. The van der Waals surface area contributed by atoms with Crippen molar-refractivity contribution in [2.75, 3.05) is 7.11 Å². The molecule has 0 unspecified atom stereocenters. The third-order valence-electron chi connectivity index (χ3n) is 3.83. The van der Waals surface area contributed by atoms with E-state index >= 15 is 0 Å². The third kappa shape index (κ3) is 4.18. The third-order valence-corrected chi connectivity index (χ3v) is 8.45. The number of rotatable bonds is 7. The van der Waals surface area contributed by atoms with Crippen LogP contribution >= 0.6 is 0 Å². The summed E-state index contributed by atoms with van der Waals surface area (Å²) in [6, 6.07) is 10.9. The van der Waals surface area contributed by atoms with Crippen LogP contribution in [0.25, 0.3) is 0 Å². The maximum atomic E-state index is 11.5. The first-order valence-corrected chi connectivity index (χ1v) is 9.45. The zero-order valence-electron chi connectivity index (χ0n) is 12.4. The van der Waals surface area contributed by atoms with E-state index in [0.29, 0.717) is 12.2 Å². The van der Waals surface area contributed by atoms with E-state index in [4.69, 9.17) is 9.16 Å². The van der Waals surface area contributed by atoms with Crippen LogP contribution in [0, 0.1) is 0 Å². The first kappa shape index (κ1) is 15.9. The second-order valence-electron chi connectivity index (χ2n) is 4.72. The normalized spacial score (nSPS) is 11.4. The Labute approximate surface area is 117 Å². The van der Waals surface area contributed by atoms with E-state index in [2.05, 4.69) is 20.8 Å². The number of benzene rings is 1. The number of esters is 1. The van der Waals surface area contributed by atoms with Crippen molar-refractivity contribution in [3.05, 3.63) is 35.4 Å². The largest absolute Gasteiger partial charge is 0.465 e. The molecule has 0 N–H and O–H groups in total. The number of carbonyl (C=O) groups excluding carboxylic acids is 1. The van der Waals surface area contributed by atoms with Crippen molar-refractivity contribution in [3.63, 3.8) is 0 Å². The van der Waals surface area contributed by atoms with Gasteiger partial charge in [0.2, 0.25) is 0 Å². The predicted octanol–water partition coefficient (Wildman–Crippen LogP) is 4.00. The lowest BCUT2D eigenvalue weighted by Gasteiger charge is -2.28. The zero-order chi connectivity index (χ0) is 14.3. The van der Waals surface area contributed by atoms with Gasteiger partial charge in [0, 0.05) is 0 Å². The molecule has 0 saturated heterocycles. The van der Waals surface area contributed by atoms with Crippen LogP contribution < -0.4 is 0 Å². The molecular weight excluding hydrogens is 256 g/mol. The van der Waals surface area contributed by atoms with Gasteiger partial charge in [0.15, 0.2) is 8.32 Å². The molecule has 0 radical (unpaired) electrons. The van der Waals surface area contributed by atoms with E-state index in [9.17, 15) is 4.79 Å². The molecule has 0 amide bonds. The van der Waals surface area contributed by atoms with E-state index < -0.39 is 8.32 Å². The highest BCUT2D eigenvalue weighted by Gasteiger charge is 2.28.